The minimum Gasteiger partial charge on any atom is -0.496 e. The molecule has 2 aromatic carbocycles. The Hall–Kier alpha value is -2.45. The number of rotatable bonds is 7. The number of nitrogens with one attached hydrogen (secondary N) is 1. The Labute approximate surface area is 165 Å². The topological polar surface area (TPSA) is 98.5 Å². The van der Waals surface area contributed by atoms with Crippen molar-refractivity contribution in [3.05, 3.63) is 62.7 Å². The lowest BCUT2D eigenvalue weighted by molar-refractivity contribution is -0.385. The molecule has 0 aliphatic heterocycles. The highest BCUT2D eigenvalue weighted by molar-refractivity contribution is 7.89. The van der Waals surface area contributed by atoms with Crippen molar-refractivity contribution < 1.29 is 18.1 Å². The van der Waals surface area contributed by atoms with E-state index in [2.05, 4.69) is 4.72 Å². The fraction of sp³-hybridized carbons (Fsp3) is 0.400. The number of hydrogen-bond acceptors (Lipinski definition) is 5. The molecular formula is C20H26N2O5S. The summed E-state index contributed by atoms with van der Waals surface area (Å²) in [5, 5.41) is 11.0. The third-order valence-corrected chi connectivity index (χ3v) is 6.39. The number of sulfonamides is 1. The summed E-state index contributed by atoms with van der Waals surface area (Å²) in [4.78, 5) is 10.3. The Morgan fingerprint density at radius 2 is 1.68 bits per heavy atom. The van der Waals surface area contributed by atoms with Crippen LogP contribution in [-0.2, 0) is 10.0 Å². The van der Waals surface area contributed by atoms with Crippen LogP contribution in [0.4, 0.5) is 5.69 Å². The molecule has 0 spiro atoms. The van der Waals surface area contributed by atoms with E-state index in [1.807, 2.05) is 32.9 Å². The molecule has 0 bridgehead atoms. The van der Waals surface area contributed by atoms with Gasteiger partial charge in [0.1, 0.15) is 5.75 Å². The van der Waals surface area contributed by atoms with Gasteiger partial charge >= 0.3 is 0 Å². The lowest BCUT2D eigenvalue weighted by Gasteiger charge is -2.21. The molecule has 152 valence electrons. The molecule has 0 amide bonds. The van der Waals surface area contributed by atoms with Crippen LogP contribution in [0.2, 0.25) is 0 Å². The van der Waals surface area contributed by atoms with E-state index in [-0.39, 0.29) is 16.5 Å². The van der Waals surface area contributed by atoms with Crippen LogP contribution in [-0.4, -0.2) is 20.5 Å². The highest BCUT2D eigenvalue weighted by Crippen LogP contribution is 2.33. The molecule has 0 aliphatic rings. The minimum atomic E-state index is -3.95. The molecule has 1 N–H and O–H groups in total. The summed E-state index contributed by atoms with van der Waals surface area (Å²) >= 11 is 0. The van der Waals surface area contributed by atoms with Crippen molar-refractivity contribution in [1.82, 2.24) is 4.72 Å². The zero-order valence-electron chi connectivity index (χ0n) is 16.9. The molecule has 0 saturated heterocycles. The van der Waals surface area contributed by atoms with E-state index in [0.29, 0.717) is 5.56 Å². The van der Waals surface area contributed by atoms with Gasteiger partial charge in [-0.2, -0.15) is 0 Å². The average molecular weight is 407 g/mol. The highest BCUT2D eigenvalue weighted by Gasteiger charge is 2.24. The summed E-state index contributed by atoms with van der Waals surface area (Å²) in [5.74, 6) is 0.970. The second-order valence-electron chi connectivity index (χ2n) is 7.16. The van der Waals surface area contributed by atoms with Crippen LogP contribution in [0, 0.1) is 24.0 Å². The van der Waals surface area contributed by atoms with Gasteiger partial charge in [-0.05, 0) is 61.1 Å². The summed E-state index contributed by atoms with van der Waals surface area (Å²) in [7, 11) is -2.34. The maximum Gasteiger partial charge on any atom is 0.270 e. The van der Waals surface area contributed by atoms with E-state index < -0.39 is 21.0 Å². The maximum absolute atomic E-state index is 12.9. The van der Waals surface area contributed by atoms with Gasteiger partial charge in [0, 0.05) is 18.2 Å². The molecule has 2 rings (SSSR count). The third kappa shape index (κ3) is 4.51. The highest BCUT2D eigenvalue weighted by atomic mass is 32.2. The molecular weight excluding hydrogens is 380 g/mol. The van der Waals surface area contributed by atoms with Crippen LogP contribution in [0.3, 0.4) is 0 Å². The first kappa shape index (κ1) is 21.8. The standard InChI is InChI=1S/C20H26N2O5S/c1-12(2)17-11-18(14(4)9-19(17)27-6)15(5)21-28(25,26)20-10-16(22(23)24)8-7-13(20)3/h7-12,15,21H,1-6H3/t15-/m0/s1. The van der Waals surface area contributed by atoms with Gasteiger partial charge in [0.2, 0.25) is 10.0 Å². The van der Waals surface area contributed by atoms with E-state index in [9.17, 15) is 18.5 Å². The van der Waals surface area contributed by atoms with Crippen LogP contribution in [0.15, 0.2) is 35.2 Å². The molecule has 0 heterocycles. The van der Waals surface area contributed by atoms with E-state index in [1.165, 1.54) is 12.1 Å². The molecule has 2 aromatic rings. The van der Waals surface area contributed by atoms with Crippen LogP contribution < -0.4 is 9.46 Å². The molecule has 0 saturated carbocycles. The predicted octanol–water partition coefficient (Wildman–Crippen LogP) is 4.38. The summed E-state index contributed by atoms with van der Waals surface area (Å²) < 4.78 is 33.9. The predicted molar refractivity (Wildman–Crippen MR) is 108 cm³/mol. The van der Waals surface area contributed by atoms with Crippen molar-refractivity contribution in [2.24, 2.45) is 0 Å². The van der Waals surface area contributed by atoms with Gasteiger partial charge in [-0.3, -0.25) is 10.1 Å². The molecule has 0 unspecified atom stereocenters. The van der Waals surface area contributed by atoms with E-state index in [0.717, 1.165) is 28.5 Å². The van der Waals surface area contributed by atoms with Crippen molar-refractivity contribution in [3.63, 3.8) is 0 Å². The molecule has 28 heavy (non-hydrogen) atoms. The van der Waals surface area contributed by atoms with Gasteiger partial charge < -0.3 is 4.74 Å². The van der Waals surface area contributed by atoms with Crippen LogP contribution in [0.25, 0.3) is 0 Å². The second kappa shape index (κ2) is 8.28. The molecule has 0 aliphatic carbocycles. The molecule has 0 fully saturated rings. The van der Waals surface area contributed by atoms with Gasteiger partial charge in [0.05, 0.1) is 16.9 Å². The molecule has 7 nitrogen and oxygen atoms in total. The van der Waals surface area contributed by atoms with Crippen LogP contribution in [0.1, 0.15) is 55.0 Å². The Balaban J connectivity index is 2.44. The van der Waals surface area contributed by atoms with Gasteiger partial charge in [-0.25, -0.2) is 13.1 Å². The Morgan fingerprint density at radius 3 is 2.21 bits per heavy atom. The Kier molecular flexibility index (Phi) is 6.46. The first-order valence-corrected chi connectivity index (χ1v) is 10.4. The zero-order chi connectivity index (χ0) is 21.2. The fourth-order valence-corrected chi connectivity index (χ4v) is 4.65. The maximum atomic E-state index is 12.9. The quantitative estimate of drug-likeness (QED) is 0.543. The molecule has 8 heteroatoms. The smallest absolute Gasteiger partial charge is 0.270 e. The summed E-state index contributed by atoms with van der Waals surface area (Å²) in [6.07, 6.45) is 0. The van der Waals surface area contributed by atoms with Gasteiger partial charge in [-0.1, -0.05) is 19.9 Å². The van der Waals surface area contributed by atoms with E-state index in [1.54, 1.807) is 21.0 Å². The number of non-ortho nitro benzene ring substituents is 1. The summed E-state index contributed by atoms with van der Waals surface area (Å²) in [5.41, 5.74) is 2.89. The number of nitro benzene ring substituents is 1. The first-order chi connectivity index (χ1) is 13.0. The first-order valence-electron chi connectivity index (χ1n) is 8.93. The van der Waals surface area contributed by atoms with Crippen molar-refractivity contribution >= 4 is 15.7 Å². The molecule has 0 radical (unpaired) electrons. The van der Waals surface area contributed by atoms with Gasteiger partial charge in [0.15, 0.2) is 0 Å². The second-order valence-corrected chi connectivity index (χ2v) is 8.84. The Morgan fingerprint density at radius 1 is 1.04 bits per heavy atom. The minimum absolute atomic E-state index is 0.0937. The average Bonchev–Trinajstić information content (AvgIpc) is 2.60. The summed E-state index contributed by atoms with van der Waals surface area (Å²) in [6, 6.07) is 7.14. The number of methoxy groups -OCH3 is 1. The Bertz CT molecular complexity index is 1000. The van der Waals surface area contributed by atoms with Crippen molar-refractivity contribution in [2.45, 2.75) is 51.5 Å². The molecule has 0 aromatic heterocycles. The number of benzene rings is 2. The van der Waals surface area contributed by atoms with Gasteiger partial charge in [-0.15, -0.1) is 0 Å². The lowest BCUT2D eigenvalue weighted by atomic mass is 9.94. The number of aryl methyl sites for hydroxylation is 2. The number of nitro groups is 1. The monoisotopic (exact) mass is 406 g/mol. The largest absolute Gasteiger partial charge is 0.496 e. The SMILES string of the molecule is COc1cc(C)c([C@H](C)NS(=O)(=O)c2cc([N+](=O)[O-])ccc2C)cc1C(C)C. The van der Waals surface area contributed by atoms with E-state index >= 15 is 0 Å². The van der Waals surface area contributed by atoms with Crippen LogP contribution >= 0.6 is 0 Å². The van der Waals surface area contributed by atoms with Crippen molar-refractivity contribution in [2.75, 3.05) is 7.11 Å². The third-order valence-electron chi connectivity index (χ3n) is 4.71. The van der Waals surface area contributed by atoms with Crippen molar-refractivity contribution in [3.8, 4) is 5.75 Å². The fourth-order valence-electron chi connectivity index (χ4n) is 3.16. The van der Waals surface area contributed by atoms with Crippen LogP contribution in [0.5, 0.6) is 5.75 Å². The van der Waals surface area contributed by atoms with Crippen molar-refractivity contribution in [1.29, 1.82) is 0 Å². The zero-order valence-corrected chi connectivity index (χ0v) is 17.8. The lowest BCUT2D eigenvalue weighted by Crippen LogP contribution is -2.28. The summed E-state index contributed by atoms with van der Waals surface area (Å²) in [6.45, 7) is 9.34. The number of nitrogens with zero attached hydrogens (tertiary/aromatic N) is 1. The van der Waals surface area contributed by atoms with E-state index in [4.69, 9.17) is 4.74 Å². The van der Waals surface area contributed by atoms with Gasteiger partial charge in [0.25, 0.3) is 5.69 Å². The molecule has 1 atom stereocenters. The number of hydrogen-bond donors (Lipinski definition) is 1. The number of ether oxygens (including phenoxy) is 1. The normalized spacial score (nSPS) is 12.8.